The number of carbonyl (C=O) groups is 1. The van der Waals surface area contributed by atoms with Crippen LogP contribution in [0.25, 0.3) is 5.52 Å². The van der Waals surface area contributed by atoms with Gasteiger partial charge in [-0.15, -0.1) is 0 Å². The second kappa shape index (κ2) is 6.40. The summed E-state index contributed by atoms with van der Waals surface area (Å²) >= 11 is 0. The summed E-state index contributed by atoms with van der Waals surface area (Å²) in [6, 6.07) is 6.48. The second-order valence-electron chi connectivity index (χ2n) is 6.71. The normalized spacial score (nSPS) is 16.2. The van der Waals surface area contributed by atoms with Crippen LogP contribution >= 0.6 is 0 Å². The van der Waals surface area contributed by atoms with Gasteiger partial charge in [-0.05, 0) is 38.0 Å². The van der Waals surface area contributed by atoms with Crippen LogP contribution < -0.4 is 0 Å². The first-order valence-corrected chi connectivity index (χ1v) is 8.70. The highest BCUT2D eigenvalue weighted by atomic mass is 19.4. The van der Waals surface area contributed by atoms with Crippen molar-refractivity contribution in [1.29, 1.82) is 0 Å². The van der Waals surface area contributed by atoms with Crippen molar-refractivity contribution in [3.8, 4) is 0 Å². The van der Waals surface area contributed by atoms with Crippen molar-refractivity contribution in [2.24, 2.45) is 0 Å². The smallest absolute Gasteiger partial charge is 0.337 e. The number of amides is 1. The number of aryl methyl sites for hydroxylation is 1. The van der Waals surface area contributed by atoms with Gasteiger partial charge in [0.05, 0.1) is 11.6 Å². The predicted octanol–water partition coefficient (Wildman–Crippen LogP) is 3.34. The monoisotopic (exact) mass is 377 g/mol. The fourth-order valence-corrected chi connectivity index (χ4v) is 3.50. The van der Waals surface area contributed by atoms with Crippen molar-refractivity contribution in [3.05, 3.63) is 53.6 Å². The predicted molar refractivity (Wildman–Crippen MR) is 91.3 cm³/mol. The Morgan fingerprint density at radius 1 is 1.11 bits per heavy atom. The number of nitrogens with zero attached hydrogens (tertiary/aromatic N) is 5. The van der Waals surface area contributed by atoms with Crippen LogP contribution in [0.2, 0.25) is 0 Å². The van der Waals surface area contributed by atoms with Crippen LogP contribution in [0.1, 0.15) is 40.6 Å². The van der Waals surface area contributed by atoms with Gasteiger partial charge < -0.3 is 4.90 Å². The fourth-order valence-electron chi connectivity index (χ4n) is 3.50. The van der Waals surface area contributed by atoms with E-state index in [1.165, 1.54) is 10.9 Å². The Morgan fingerprint density at radius 2 is 1.85 bits per heavy atom. The van der Waals surface area contributed by atoms with Crippen LogP contribution in [0.4, 0.5) is 13.2 Å². The van der Waals surface area contributed by atoms with Gasteiger partial charge in [-0.25, -0.2) is 4.52 Å². The maximum Gasteiger partial charge on any atom is 0.435 e. The van der Waals surface area contributed by atoms with Gasteiger partial charge in [0.15, 0.2) is 11.4 Å². The summed E-state index contributed by atoms with van der Waals surface area (Å²) in [5.41, 5.74) is 1.23. The Bertz CT molecular complexity index is 982. The Balaban J connectivity index is 1.46. The molecule has 27 heavy (non-hydrogen) atoms. The first-order valence-electron chi connectivity index (χ1n) is 8.70. The molecule has 0 N–H and O–H groups in total. The fraction of sp³-hybridized carbons (Fsp3) is 0.389. The lowest BCUT2D eigenvalue weighted by molar-refractivity contribution is -0.141. The molecule has 9 heteroatoms. The third-order valence-electron chi connectivity index (χ3n) is 5.01. The number of piperidine rings is 1. The number of hydrogen-bond acceptors (Lipinski definition) is 3. The molecule has 1 fully saturated rings. The molecule has 0 unspecified atom stereocenters. The average molecular weight is 377 g/mol. The highest BCUT2D eigenvalue weighted by molar-refractivity contribution is 5.95. The molecular formula is C18H18F3N5O. The van der Waals surface area contributed by atoms with Crippen molar-refractivity contribution in [2.45, 2.75) is 32.0 Å². The van der Waals surface area contributed by atoms with Crippen LogP contribution in [0.5, 0.6) is 0 Å². The van der Waals surface area contributed by atoms with E-state index in [1.807, 2.05) is 25.1 Å². The third-order valence-corrected chi connectivity index (χ3v) is 5.01. The molecule has 3 aromatic heterocycles. The first kappa shape index (κ1) is 17.6. The molecule has 1 saturated heterocycles. The van der Waals surface area contributed by atoms with E-state index in [0.717, 1.165) is 17.1 Å². The quantitative estimate of drug-likeness (QED) is 0.688. The lowest BCUT2D eigenvalue weighted by Gasteiger charge is -2.31. The van der Waals surface area contributed by atoms with E-state index in [0.29, 0.717) is 31.6 Å². The maximum atomic E-state index is 12.8. The van der Waals surface area contributed by atoms with Crippen LogP contribution in [0, 0.1) is 6.92 Å². The van der Waals surface area contributed by atoms with Crippen molar-refractivity contribution >= 4 is 11.4 Å². The molecule has 1 aliphatic heterocycles. The number of halogens is 3. The molecule has 4 rings (SSSR count). The van der Waals surface area contributed by atoms with Crippen molar-refractivity contribution < 1.29 is 18.0 Å². The topological polar surface area (TPSA) is 55.4 Å². The third kappa shape index (κ3) is 3.17. The van der Waals surface area contributed by atoms with E-state index in [1.54, 1.807) is 15.6 Å². The summed E-state index contributed by atoms with van der Waals surface area (Å²) in [6.07, 6.45) is -0.185. The molecule has 1 aliphatic rings. The number of aromatic nitrogens is 4. The molecule has 6 nitrogen and oxygen atoms in total. The van der Waals surface area contributed by atoms with Gasteiger partial charge in [0.2, 0.25) is 0 Å². The van der Waals surface area contributed by atoms with Gasteiger partial charge in [0.25, 0.3) is 5.91 Å². The van der Waals surface area contributed by atoms with Crippen LogP contribution in [-0.2, 0) is 6.18 Å². The lowest BCUT2D eigenvalue weighted by Crippen LogP contribution is -2.39. The second-order valence-corrected chi connectivity index (χ2v) is 6.71. The van der Waals surface area contributed by atoms with Crippen molar-refractivity contribution in [2.75, 3.05) is 13.1 Å². The van der Waals surface area contributed by atoms with Crippen LogP contribution in [0.3, 0.4) is 0 Å². The molecule has 1 amide bonds. The number of carbonyl (C=O) groups excluding carboxylic acids is 1. The largest absolute Gasteiger partial charge is 0.435 e. The van der Waals surface area contributed by atoms with E-state index in [2.05, 4.69) is 10.2 Å². The number of pyridine rings is 1. The zero-order valence-electron chi connectivity index (χ0n) is 14.6. The molecule has 0 bridgehead atoms. The number of hydrogen-bond donors (Lipinski definition) is 0. The summed E-state index contributed by atoms with van der Waals surface area (Å²) in [5, 5.41) is 8.03. The SMILES string of the molecule is Cc1c(C(=O)N2CCC(n3ccc(C(F)(F)F)n3)CC2)nn2ccccc12. The number of likely N-dealkylation sites (tertiary alicyclic amines) is 1. The molecule has 0 saturated carbocycles. The lowest BCUT2D eigenvalue weighted by atomic mass is 10.0. The summed E-state index contributed by atoms with van der Waals surface area (Å²) in [5.74, 6) is -0.147. The van der Waals surface area contributed by atoms with E-state index < -0.39 is 11.9 Å². The minimum absolute atomic E-state index is 0.146. The molecule has 0 aromatic carbocycles. The van der Waals surface area contributed by atoms with Gasteiger partial charge in [-0.1, -0.05) is 6.07 Å². The molecule has 142 valence electrons. The van der Waals surface area contributed by atoms with Gasteiger partial charge in [-0.3, -0.25) is 9.48 Å². The molecule has 0 radical (unpaired) electrons. The van der Waals surface area contributed by atoms with E-state index in [-0.39, 0.29) is 11.9 Å². The molecule has 0 spiro atoms. The van der Waals surface area contributed by atoms with Crippen molar-refractivity contribution in [1.82, 2.24) is 24.3 Å². The Labute approximate surface area is 153 Å². The standard InChI is InChI=1S/C18H18F3N5O/c1-12-14-4-2-3-8-26(14)23-16(12)17(27)24-9-5-13(6-10-24)25-11-7-15(22-25)18(19,20)21/h2-4,7-8,11,13H,5-6,9-10H2,1H3. The molecular weight excluding hydrogens is 359 g/mol. The van der Waals surface area contributed by atoms with E-state index >= 15 is 0 Å². The van der Waals surface area contributed by atoms with Gasteiger partial charge in [0, 0.05) is 31.0 Å². The van der Waals surface area contributed by atoms with Gasteiger partial charge in [-0.2, -0.15) is 23.4 Å². The Kier molecular flexibility index (Phi) is 4.16. The van der Waals surface area contributed by atoms with E-state index in [4.69, 9.17) is 0 Å². The zero-order chi connectivity index (χ0) is 19.2. The molecule has 4 heterocycles. The van der Waals surface area contributed by atoms with Crippen LogP contribution in [0.15, 0.2) is 36.7 Å². The first-order chi connectivity index (χ1) is 12.8. The average Bonchev–Trinajstić information content (AvgIpc) is 3.27. The van der Waals surface area contributed by atoms with Crippen LogP contribution in [-0.4, -0.2) is 43.3 Å². The zero-order valence-corrected chi connectivity index (χ0v) is 14.6. The Hall–Kier alpha value is -2.84. The minimum atomic E-state index is -4.44. The van der Waals surface area contributed by atoms with Gasteiger partial charge >= 0.3 is 6.18 Å². The molecule has 0 aliphatic carbocycles. The Morgan fingerprint density at radius 3 is 2.48 bits per heavy atom. The van der Waals surface area contributed by atoms with Gasteiger partial charge in [0.1, 0.15) is 0 Å². The number of rotatable bonds is 2. The minimum Gasteiger partial charge on any atom is -0.337 e. The highest BCUT2D eigenvalue weighted by Crippen LogP contribution is 2.30. The maximum absolute atomic E-state index is 12.8. The molecule has 3 aromatic rings. The van der Waals surface area contributed by atoms with E-state index in [9.17, 15) is 18.0 Å². The number of fused-ring (bicyclic) bond motifs is 1. The molecule has 0 atom stereocenters. The summed E-state index contributed by atoms with van der Waals surface area (Å²) in [6.45, 7) is 2.78. The van der Waals surface area contributed by atoms with Crippen molar-refractivity contribution in [3.63, 3.8) is 0 Å². The summed E-state index contributed by atoms with van der Waals surface area (Å²) in [7, 11) is 0. The number of alkyl halides is 3. The summed E-state index contributed by atoms with van der Waals surface area (Å²) in [4.78, 5) is 14.6. The summed E-state index contributed by atoms with van der Waals surface area (Å²) < 4.78 is 41.2. The highest BCUT2D eigenvalue weighted by Gasteiger charge is 2.35.